The van der Waals surface area contributed by atoms with E-state index in [4.69, 9.17) is 4.74 Å². The van der Waals surface area contributed by atoms with E-state index in [1.54, 1.807) is 0 Å². The van der Waals surface area contributed by atoms with E-state index >= 15 is 0 Å². The van der Waals surface area contributed by atoms with E-state index in [2.05, 4.69) is 43.5 Å². The van der Waals surface area contributed by atoms with Gasteiger partial charge in [0.25, 0.3) is 0 Å². The Morgan fingerprint density at radius 1 is 0.389 bits per heavy atom. The summed E-state index contributed by atoms with van der Waals surface area (Å²) in [5.41, 5.74) is 0. The molecule has 426 valence electrons. The lowest BCUT2D eigenvalue weighted by atomic mass is 10.0. The minimum Gasteiger partial charge on any atom is -0.466 e. The van der Waals surface area contributed by atoms with Gasteiger partial charge < -0.3 is 20.3 Å². The molecule has 1 amide bonds. The number of ether oxygens (including phenoxy) is 1. The van der Waals surface area contributed by atoms with Crippen LogP contribution in [0.15, 0.2) is 24.3 Å². The Bertz CT molecular complexity index is 1120. The van der Waals surface area contributed by atoms with E-state index < -0.39 is 12.1 Å². The van der Waals surface area contributed by atoms with Crippen LogP contribution in [0.25, 0.3) is 0 Å². The lowest BCUT2D eigenvalue weighted by Crippen LogP contribution is -2.45. The average molecular weight is 1010 g/mol. The third-order valence-corrected chi connectivity index (χ3v) is 15.3. The number of nitrogens with one attached hydrogen (secondary N) is 1. The van der Waals surface area contributed by atoms with Gasteiger partial charge >= 0.3 is 5.97 Å². The zero-order valence-electron chi connectivity index (χ0n) is 48.7. The van der Waals surface area contributed by atoms with Gasteiger partial charge in [-0.2, -0.15) is 0 Å². The Balaban J connectivity index is 3.40. The summed E-state index contributed by atoms with van der Waals surface area (Å²) in [5, 5.41) is 23.4. The minimum atomic E-state index is -0.667. The highest BCUT2D eigenvalue weighted by molar-refractivity contribution is 5.76. The third-order valence-electron chi connectivity index (χ3n) is 15.3. The smallest absolute Gasteiger partial charge is 0.305 e. The van der Waals surface area contributed by atoms with Gasteiger partial charge in [0.15, 0.2) is 0 Å². The molecule has 0 saturated carbocycles. The number of carbonyl (C=O) groups excluding carboxylic acids is 2. The van der Waals surface area contributed by atoms with Crippen LogP contribution in [0.5, 0.6) is 0 Å². The minimum absolute atomic E-state index is 0.00213. The predicted molar refractivity (Wildman–Crippen MR) is 315 cm³/mol. The number of allylic oxidation sites excluding steroid dienone is 4. The molecule has 0 bridgehead atoms. The van der Waals surface area contributed by atoms with Crippen molar-refractivity contribution in [3.63, 3.8) is 0 Å². The Kier molecular flexibility index (Phi) is 60.5. The number of unbranched alkanes of at least 4 members (excludes halogenated alkanes) is 46. The van der Waals surface area contributed by atoms with E-state index in [0.717, 1.165) is 51.4 Å². The predicted octanol–water partition coefficient (Wildman–Crippen LogP) is 20.6. The first kappa shape index (κ1) is 70.3. The number of esters is 1. The molecule has 3 N–H and O–H groups in total. The van der Waals surface area contributed by atoms with Crippen molar-refractivity contribution in [2.75, 3.05) is 13.2 Å². The van der Waals surface area contributed by atoms with Crippen molar-refractivity contribution >= 4 is 11.9 Å². The second-order valence-corrected chi connectivity index (χ2v) is 22.5. The van der Waals surface area contributed by atoms with Gasteiger partial charge in [-0.25, -0.2) is 0 Å². The van der Waals surface area contributed by atoms with Gasteiger partial charge in [-0.3, -0.25) is 9.59 Å². The highest BCUT2D eigenvalue weighted by Crippen LogP contribution is 2.18. The van der Waals surface area contributed by atoms with Crippen LogP contribution in [0.3, 0.4) is 0 Å². The maximum Gasteiger partial charge on any atom is 0.305 e. The standard InChI is InChI=1S/C66H127NO5/c1-3-5-7-9-11-13-15-17-19-21-23-27-30-34-38-42-46-50-54-58-64(69)63(62-68)67-65(70)59-55-51-47-43-39-35-31-28-24-22-25-29-33-37-41-45-49-53-57-61-72-66(71)60-56-52-48-44-40-36-32-26-20-18-16-14-12-10-8-6-4-2/h12,14,18,20,63-64,68-69H,3-11,13,15-17,19,21-62H2,1-2H3,(H,67,70)/b14-12-,20-18-. The van der Waals surface area contributed by atoms with Gasteiger partial charge in [-0.15, -0.1) is 0 Å². The fourth-order valence-electron chi connectivity index (χ4n) is 10.3. The summed E-state index contributed by atoms with van der Waals surface area (Å²) < 4.78 is 5.49. The lowest BCUT2D eigenvalue weighted by molar-refractivity contribution is -0.143. The Morgan fingerprint density at radius 2 is 0.694 bits per heavy atom. The molecule has 2 atom stereocenters. The van der Waals surface area contributed by atoms with Crippen LogP contribution < -0.4 is 5.32 Å². The Hall–Kier alpha value is -1.66. The summed E-state index contributed by atoms with van der Waals surface area (Å²) in [6, 6.07) is -0.544. The molecule has 0 heterocycles. The van der Waals surface area contributed by atoms with E-state index in [0.29, 0.717) is 25.9 Å². The molecule has 0 aliphatic carbocycles. The van der Waals surface area contributed by atoms with Gasteiger partial charge in [0.2, 0.25) is 5.91 Å². The fraction of sp³-hybridized carbons (Fsp3) is 0.909. The Labute approximate surface area is 450 Å². The summed E-state index contributed by atoms with van der Waals surface area (Å²) in [7, 11) is 0. The number of aliphatic hydroxyl groups is 2. The third kappa shape index (κ3) is 57.6. The molecule has 0 aromatic heterocycles. The Morgan fingerprint density at radius 3 is 1.08 bits per heavy atom. The molecule has 72 heavy (non-hydrogen) atoms. The first-order valence-electron chi connectivity index (χ1n) is 32.6. The molecule has 0 fully saturated rings. The van der Waals surface area contributed by atoms with Crippen molar-refractivity contribution in [3.05, 3.63) is 24.3 Å². The van der Waals surface area contributed by atoms with Crippen LogP contribution in [0.1, 0.15) is 361 Å². The van der Waals surface area contributed by atoms with Gasteiger partial charge in [0, 0.05) is 12.8 Å². The first-order chi connectivity index (χ1) is 35.5. The molecule has 0 rings (SSSR count). The summed E-state index contributed by atoms with van der Waals surface area (Å²) in [6.07, 6.45) is 76.2. The zero-order valence-corrected chi connectivity index (χ0v) is 48.7. The first-order valence-corrected chi connectivity index (χ1v) is 32.6. The van der Waals surface area contributed by atoms with E-state index in [1.165, 1.54) is 276 Å². The number of hydrogen-bond donors (Lipinski definition) is 3. The van der Waals surface area contributed by atoms with Gasteiger partial charge in [0.05, 0.1) is 25.4 Å². The number of amides is 1. The summed E-state index contributed by atoms with van der Waals surface area (Å²) in [6.45, 7) is 4.95. The van der Waals surface area contributed by atoms with E-state index in [1.807, 2.05) is 0 Å². The fourth-order valence-corrected chi connectivity index (χ4v) is 10.3. The molecule has 0 saturated heterocycles. The van der Waals surface area contributed by atoms with Crippen LogP contribution in [0, 0.1) is 0 Å². The highest BCUT2D eigenvalue weighted by Gasteiger charge is 2.20. The summed E-state index contributed by atoms with van der Waals surface area (Å²) in [5.74, 6) is -0.0325. The molecular weight excluding hydrogens is 887 g/mol. The largest absolute Gasteiger partial charge is 0.466 e. The van der Waals surface area contributed by atoms with Crippen LogP contribution in [0.2, 0.25) is 0 Å². The summed E-state index contributed by atoms with van der Waals surface area (Å²) >= 11 is 0. The molecule has 6 heteroatoms. The highest BCUT2D eigenvalue weighted by atomic mass is 16.5. The topological polar surface area (TPSA) is 95.9 Å². The molecule has 0 aliphatic heterocycles. The second kappa shape index (κ2) is 61.9. The molecule has 6 nitrogen and oxygen atoms in total. The average Bonchev–Trinajstić information content (AvgIpc) is 3.38. The van der Waals surface area contributed by atoms with Crippen LogP contribution >= 0.6 is 0 Å². The van der Waals surface area contributed by atoms with Crippen molar-refractivity contribution in [2.45, 2.75) is 373 Å². The van der Waals surface area contributed by atoms with Gasteiger partial charge in [-0.05, 0) is 57.8 Å². The van der Waals surface area contributed by atoms with Crippen LogP contribution in [0.4, 0.5) is 0 Å². The van der Waals surface area contributed by atoms with Gasteiger partial charge in [-0.1, -0.05) is 314 Å². The van der Waals surface area contributed by atoms with Crippen molar-refractivity contribution in [1.82, 2.24) is 5.32 Å². The van der Waals surface area contributed by atoms with E-state index in [9.17, 15) is 19.8 Å². The van der Waals surface area contributed by atoms with Gasteiger partial charge in [0.1, 0.15) is 0 Å². The number of rotatable bonds is 61. The maximum atomic E-state index is 12.5. The number of carbonyl (C=O) groups is 2. The van der Waals surface area contributed by atoms with Crippen LogP contribution in [-0.4, -0.2) is 47.4 Å². The van der Waals surface area contributed by atoms with Crippen molar-refractivity contribution < 1.29 is 24.5 Å². The quantitative estimate of drug-likeness (QED) is 0.0320. The molecule has 0 aromatic carbocycles. The SMILES string of the molecule is CCCCC/C=C\C/C=C\CCCCCCCCCC(=O)OCCCCCCCCCCCCCCCCCCCCCC(=O)NC(CO)C(O)CCCCCCCCCCCCCCCCCCCCC. The monoisotopic (exact) mass is 1010 g/mol. The molecule has 0 aromatic rings. The molecule has 0 aliphatic rings. The van der Waals surface area contributed by atoms with Crippen LogP contribution in [-0.2, 0) is 14.3 Å². The zero-order chi connectivity index (χ0) is 52.2. The number of aliphatic hydroxyl groups excluding tert-OH is 2. The molecular formula is C66H127NO5. The summed E-state index contributed by atoms with van der Waals surface area (Å²) in [4.78, 5) is 24.6. The van der Waals surface area contributed by atoms with Crippen molar-refractivity contribution in [1.29, 1.82) is 0 Å². The lowest BCUT2D eigenvalue weighted by Gasteiger charge is -2.22. The normalized spacial score (nSPS) is 12.7. The molecule has 0 spiro atoms. The maximum absolute atomic E-state index is 12.5. The van der Waals surface area contributed by atoms with Crippen molar-refractivity contribution in [2.24, 2.45) is 0 Å². The molecule has 2 unspecified atom stereocenters. The van der Waals surface area contributed by atoms with Crippen molar-refractivity contribution in [3.8, 4) is 0 Å². The number of hydrogen-bond acceptors (Lipinski definition) is 5. The van der Waals surface area contributed by atoms with E-state index in [-0.39, 0.29) is 18.5 Å². The molecule has 0 radical (unpaired) electrons. The second-order valence-electron chi connectivity index (χ2n) is 22.5.